The molecule has 0 saturated carbocycles. The van der Waals surface area contributed by atoms with Crippen molar-refractivity contribution in [3.63, 3.8) is 0 Å². The molecule has 3 aliphatic rings. The van der Waals surface area contributed by atoms with Crippen molar-refractivity contribution in [3.8, 4) is 0 Å². The Bertz CT molecular complexity index is 1200. The van der Waals surface area contributed by atoms with Crippen LogP contribution in [0, 0.1) is 5.92 Å². The molecule has 0 aromatic heterocycles. The maximum absolute atomic E-state index is 15.7. The molecule has 3 aliphatic heterocycles. The van der Waals surface area contributed by atoms with E-state index in [1.165, 1.54) is 5.56 Å². The monoisotopic (exact) mass is 552 g/mol. The normalized spacial score (nSPS) is 27.2. The summed E-state index contributed by atoms with van der Waals surface area (Å²) in [4.78, 5) is 29.4. The number of aryl methyl sites for hydroxylation is 1. The van der Waals surface area contributed by atoms with Crippen LogP contribution in [0.2, 0.25) is 18.6 Å². The zero-order valence-electron chi connectivity index (χ0n) is 23.3. The lowest BCUT2D eigenvalue weighted by atomic mass is 9.93. The topological polar surface area (TPSA) is 70.1 Å². The highest BCUT2D eigenvalue weighted by molar-refractivity contribution is 6.72. The predicted molar refractivity (Wildman–Crippen MR) is 153 cm³/mol. The number of ether oxygens (including phenoxy) is 1. The summed E-state index contributed by atoms with van der Waals surface area (Å²) in [5, 5.41) is 10.0. The zero-order valence-corrected chi connectivity index (χ0v) is 24.3. The lowest BCUT2D eigenvalue weighted by Crippen LogP contribution is -2.48. The van der Waals surface area contributed by atoms with Crippen LogP contribution in [0.5, 0.6) is 0 Å². The number of halogens is 1. The molecular weight excluding hydrogens is 511 g/mol. The molecule has 0 unspecified atom stereocenters. The van der Waals surface area contributed by atoms with Crippen molar-refractivity contribution in [2.45, 2.75) is 88.9 Å². The Hall–Kier alpha value is -2.55. The van der Waals surface area contributed by atoms with Crippen molar-refractivity contribution in [2.24, 2.45) is 5.92 Å². The van der Waals surface area contributed by atoms with E-state index in [4.69, 9.17) is 4.74 Å². The number of amides is 2. The molecule has 8 heteroatoms. The summed E-state index contributed by atoms with van der Waals surface area (Å²) in [5.41, 5.74) is 4.07. The summed E-state index contributed by atoms with van der Waals surface area (Å²) in [6.07, 6.45) is 3.16. The molecule has 3 heterocycles. The van der Waals surface area contributed by atoms with Gasteiger partial charge in [-0.05, 0) is 73.5 Å². The summed E-state index contributed by atoms with van der Waals surface area (Å²) in [6, 6.07) is 15.9. The first-order valence-electron chi connectivity index (χ1n) is 14.4. The van der Waals surface area contributed by atoms with Gasteiger partial charge in [0.05, 0.1) is 31.3 Å². The van der Waals surface area contributed by atoms with E-state index in [0.717, 1.165) is 42.6 Å². The molecule has 2 aromatic carbocycles. The van der Waals surface area contributed by atoms with Crippen molar-refractivity contribution in [1.82, 2.24) is 4.90 Å². The van der Waals surface area contributed by atoms with E-state index in [0.29, 0.717) is 19.4 Å². The number of aliphatic hydroxyl groups is 1. The van der Waals surface area contributed by atoms with Gasteiger partial charge in [0, 0.05) is 30.7 Å². The number of hydrogen-bond donors (Lipinski definition) is 1. The lowest BCUT2D eigenvalue weighted by Gasteiger charge is -2.37. The van der Waals surface area contributed by atoms with Crippen molar-refractivity contribution in [2.75, 3.05) is 18.1 Å². The Morgan fingerprint density at radius 3 is 2.59 bits per heavy atom. The second kappa shape index (κ2) is 11.5. The third kappa shape index (κ3) is 5.98. The molecule has 39 heavy (non-hydrogen) atoms. The maximum atomic E-state index is 15.7. The fraction of sp³-hybridized carbons (Fsp3) is 0.548. The van der Waals surface area contributed by atoms with E-state index in [-0.39, 0.29) is 48.4 Å². The number of hydrogen-bond acceptors (Lipinski definition) is 4. The van der Waals surface area contributed by atoms with E-state index >= 15 is 4.11 Å². The molecule has 2 amide bonds. The lowest BCUT2D eigenvalue weighted by molar-refractivity contribution is -0.138. The van der Waals surface area contributed by atoms with Crippen LogP contribution in [0.1, 0.15) is 49.3 Å². The third-order valence-electron chi connectivity index (χ3n) is 8.97. The van der Waals surface area contributed by atoms with E-state index in [1.807, 2.05) is 35.2 Å². The van der Waals surface area contributed by atoms with Crippen molar-refractivity contribution in [3.05, 3.63) is 65.2 Å². The SMILES string of the molecule is C[C@@H]1[C@@H]([Si](C)(C)F)[C@H](CC(=O)N2Cc3ccccc3C[C@H]2CO)O[C@@H]1CCc1cccc(N2CCCC2=O)c1. The number of carbonyl (C=O) groups excluding carboxylic acids is 2. The molecule has 2 saturated heterocycles. The average Bonchev–Trinajstić information content (AvgIpc) is 3.48. The standard InChI is InChI=1S/C31H41FN2O4Si/c1-21-27(14-13-22-8-6-11-25(16-22)33-15-7-12-29(33)36)38-28(31(21)39(2,3)32)18-30(37)34-19-24-10-5-4-9-23(24)17-26(34)20-35/h4-6,8-11,16,21,26-28,31,35H,7,12-15,17-20H2,1-3H3/t21-,26-,27+,28-,31+/m0/s1. The smallest absolute Gasteiger partial charge is 0.246 e. The van der Waals surface area contributed by atoms with Crippen LogP contribution in [0.3, 0.4) is 0 Å². The summed E-state index contributed by atoms with van der Waals surface area (Å²) in [6.45, 7) is 6.64. The van der Waals surface area contributed by atoms with Crippen LogP contribution in [0.15, 0.2) is 48.5 Å². The second-order valence-corrected chi connectivity index (χ2v) is 15.9. The maximum Gasteiger partial charge on any atom is 0.246 e. The third-order valence-corrected chi connectivity index (χ3v) is 11.5. The first-order valence-corrected chi connectivity index (χ1v) is 17.3. The van der Waals surface area contributed by atoms with Gasteiger partial charge in [0.25, 0.3) is 0 Å². The van der Waals surface area contributed by atoms with Gasteiger partial charge >= 0.3 is 0 Å². The Labute approximate surface area is 232 Å². The van der Waals surface area contributed by atoms with Crippen molar-refractivity contribution >= 4 is 25.9 Å². The molecule has 0 spiro atoms. The number of aliphatic hydroxyl groups excluding tert-OH is 1. The largest absolute Gasteiger partial charge is 0.394 e. The highest BCUT2D eigenvalue weighted by atomic mass is 28.4. The van der Waals surface area contributed by atoms with Gasteiger partial charge in [0.15, 0.2) is 0 Å². The molecule has 5 atom stereocenters. The van der Waals surface area contributed by atoms with Crippen LogP contribution in [-0.2, 0) is 33.7 Å². The van der Waals surface area contributed by atoms with Crippen molar-refractivity contribution in [1.29, 1.82) is 0 Å². The van der Waals surface area contributed by atoms with Crippen molar-refractivity contribution < 1.29 is 23.5 Å². The van der Waals surface area contributed by atoms with Gasteiger partial charge in [-0.2, -0.15) is 0 Å². The van der Waals surface area contributed by atoms with Crippen LogP contribution >= 0.6 is 0 Å². The van der Waals surface area contributed by atoms with E-state index in [1.54, 1.807) is 18.0 Å². The summed E-state index contributed by atoms with van der Waals surface area (Å²) in [7, 11) is -3.12. The Kier molecular flexibility index (Phi) is 8.26. The molecule has 0 bridgehead atoms. The molecule has 5 rings (SSSR count). The minimum atomic E-state index is -3.12. The first kappa shape index (κ1) is 28.0. The average molecular weight is 553 g/mol. The molecule has 2 aromatic rings. The molecule has 2 fully saturated rings. The minimum Gasteiger partial charge on any atom is -0.394 e. The molecule has 1 N–H and O–H groups in total. The highest BCUT2D eigenvalue weighted by Crippen LogP contribution is 2.47. The second-order valence-electron chi connectivity index (χ2n) is 12.1. The summed E-state index contributed by atoms with van der Waals surface area (Å²) < 4.78 is 22.2. The highest BCUT2D eigenvalue weighted by Gasteiger charge is 2.52. The zero-order chi connectivity index (χ0) is 27.7. The Balaban J connectivity index is 1.27. The molecular formula is C31H41FN2O4Si. The molecule has 0 aliphatic carbocycles. The number of carbonyl (C=O) groups is 2. The Morgan fingerprint density at radius 1 is 1.13 bits per heavy atom. The number of benzene rings is 2. The first-order chi connectivity index (χ1) is 18.7. The number of fused-ring (bicyclic) bond motifs is 1. The predicted octanol–water partition coefficient (Wildman–Crippen LogP) is 5.03. The van der Waals surface area contributed by atoms with Gasteiger partial charge in [0.2, 0.25) is 20.2 Å². The molecule has 210 valence electrons. The fourth-order valence-electron chi connectivity index (χ4n) is 7.02. The van der Waals surface area contributed by atoms with E-state index < -0.39 is 14.5 Å². The summed E-state index contributed by atoms with van der Waals surface area (Å²) >= 11 is 0. The van der Waals surface area contributed by atoms with Crippen LogP contribution in [-0.4, -0.2) is 61.6 Å². The number of rotatable bonds is 8. The number of anilines is 1. The number of nitrogens with zero attached hydrogens (tertiary/aromatic N) is 2. The van der Waals surface area contributed by atoms with Crippen LogP contribution in [0.25, 0.3) is 0 Å². The van der Waals surface area contributed by atoms with Gasteiger partial charge in [-0.25, -0.2) is 0 Å². The van der Waals surface area contributed by atoms with E-state index in [9.17, 15) is 14.7 Å². The fourth-order valence-corrected chi connectivity index (χ4v) is 9.56. The van der Waals surface area contributed by atoms with Gasteiger partial charge in [-0.3, -0.25) is 9.59 Å². The quantitative estimate of drug-likeness (QED) is 0.368. The van der Waals surface area contributed by atoms with E-state index in [2.05, 4.69) is 25.1 Å². The van der Waals surface area contributed by atoms with Gasteiger partial charge < -0.3 is 23.8 Å². The summed E-state index contributed by atoms with van der Waals surface area (Å²) in [5.74, 6) is 0.104. The molecule has 6 nitrogen and oxygen atoms in total. The van der Waals surface area contributed by atoms with Gasteiger partial charge in [-0.1, -0.05) is 43.3 Å². The van der Waals surface area contributed by atoms with Gasteiger partial charge in [0.1, 0.15) is 0 Å². The Morgan fingerprint density at radius 2 is 1.90 bits per heavy atom. The van der Waals surface area contributed by atoms with Crippen LogP contribution in [0.4, 0.5) is 9.80 Å². The molecule has 0 radical (unpaired) electrons. The van der Waals surface area contributed by atoms with Gasteiger partial charge in [-0.15, -0.1) is 0 Å². The van der Waals surface area contributed by atoms with Crippen LogP contribution < -0.4 is 4.90 Å². The minimum absolute atomic E-state index is 0.00790.